The topological polar surface area (TPSA) is 51.2 Å². The number of hydrogen-bond donors (Lipinski definition) is 1. The molecule has 2 aromatic rings. The fraction of sp³-hybridized carbons (Fsp3) is 0.250. The molecule has 1 aromatic heterocycles. The molecule has 1 heterocycles. The summed E-state index contributed by atoms with van der Waals surface area (Å²) in [6.07, 6.45) is 3.45. The zero-order chi connectivity index (χ0) is 14.2. The quantitative estimate of drug-likeness (QED) is 0.820. The summed E-state index contributed by atoms with van der Waals surface area (Å²) in [5.41, 5.74) is 1.75. The first-order valence-electron chi connectivity index (χ1n) is 6.62. The average Bonchev–Trinajstić information content (AvgIpc) is 2.52. The Morgan fingerprint density at radius 3 is 2.75 bits per heavy atom. The Labute approximate surface area is 118 Å². The van der Waals surface area contributed by atoms with E-state index in [0.29, 0.717) is 18.0 Å². The zero-order valence-corrected chi connectivity index (χ0v) is 11.5. The van der Waals surface area contributed by atoms with Gasteiger partial charge >= 0.3 is 0 Å². The van der Waals surface area contributed by atoms with Crippen LogP contribution in [-0.2, 0) is 6.42 Å². The highest BCUT2D eigenvalue weighted by molar-refractivity contribution is 5.96. The smallest absolute Gasteiger partial charge is 0.256 e. The molecule has 4 nitrogen and oxygen atoms in total. The third-order valence-electron chi connectivity index (χ3n) is 2.98. The molecule has 1 N–H and O–H groups in total. The molecule has 2 rings (SSSR count). The SMILES string of the molecule is COc1ncccc1C(=O)NCCCc1ccccc1. The van der Waals surface area contributed by atoms with Crippen molar-refractivity contribution in [3.05, 3.63) is 59.8 Å². The van der Waals surface area contributed by atoms with Gasteiger partial charge in [0.1, 0.15) is 5.56 Å². The number of benzene rings is 1. The number of hydrogen-bond acceptors (Lipinski definition) is 3. The monoisotopic (exact) mass is 270 g/mol. The molecule has 0 radical (unpaired) electrons. The molecule has 0 aliphatic heterocycles. The van der Waals surface area contributed by atoms with Gasteiger partial charge in [-0.2, -0.15) is 0 Å². The Hall–Kier alpha value is -2.36. The van der Waals surface area contributed by atoms with Crippen LogP contribution in [0.4, 0.5) is 0 Å². The molecule has 0 fully saturated rings. The summed E-state index contributed by atoms with van der Waals surface area (Å²) in [6.45, 7) is 0.631. The van der Waals surface area contributed by atoms with Crippen LogP contribution in [0.3, 0.4) is 0 Å². The van der Waals surface area contributed by atoms with Gasteiger partial charge in [0.15, 0.2) is 0 Å². The molecule has 1 aromatic carbocycles. The van der Waals surface area contributed by atoms with E-state index in [1.807, 2.05) is 18.2 Å². The number of carbonyl (C=O) groups excluding carboxylic acids is 1. The lowest BCUT2D eigenvalue weighted by Gasteiger charge is -2.08. The number of nitrogens with one attached hydrogen (secondary N) is 1. The minimum Gasteiger partial charge on any atom is -0.480 e. The summed E-state index contributed by atoms with van der Waals surface area (Å²) < 4.78 is 5.07. The summed E-state index contributed by atoms with van der Waals surface area (Å²) in [5.74, 6) is 0.205. The Balaban J connectivity index is 1.81. The second kappa shape index (κ2) is 7.28. The largest absolute Gasteiger partial charge is 0.480 e. The van der Waals surface area contributed by atoms with Gasteiger partial charge < -0.3 is 10.1 Å². The molecule has 104 valence electrons. The number of aromatic nitrogens is 1. The van der Waals surface area contributed by atoms with Crippen molar-refractivity contribution in [3.8, 4) is 5.88 Å². The summed E-state index contributed by atoms with van der Waals surface area (Å²) in [5, 5.41) is 2.88. The highest BCUT2D eigenvalue weighted by Gasteiger charge is 2.11. The maximum Gasteiger partial charge on any atom is 0.256 e. The van der Waals surface area contributed by atoms with Crippen molar-refractivity contribution < 1.29 is 9.53 Å². The standard InChI is InChI=1S/C16H18N2O2/c1-20-16-14(10-6-12-18-16)15(19)17-11-5-9-13-7-3-2-4-8-13/h2-4,6-8,10,12H,5,9,11H2,1H3,(H,17,19). The fourth-order valence-electron chi connectivity index (χ4n) is 1.96. The zero-order valence-electron chi connectivity index (χ0n) is 11.5. The molecule has 0 unspecified atom stereocenters. The highest BCUT2D eigenvalue weighted by Crippen LogP contribution is 2.13. The van der Waals surface area contributed by atoms with E-state index in [2.05, 4.69) is 22.4 Å². The van der Waals surface area contributed by atoms with Gasteiger partial charge in [0, 0.05) is 12.7 Å². The third kappa shape index (κ3) is 3.82. The Bertz CT molecular complexity index is 555. The predicted molar refractivity (Wildman–Crippen MR) is 77.9 cm³/mol. The van der Waals surface area contributed by atoms with Gasteiger partial charge in [-0.3, -0.25) is 4.79 Å². The molecule has 4 heteroatoms. The molecule has 0 aliphatic rings. The molecule has 0 saturated heterocycles. The van der Waals surface area contributed by atoms with Crippen molar-refractivity contribution in [2.24, 2.45) is 0 Å². The van der Waals surface area contributed by atoms with E-state index in [-0.39, 0.29) is 5.91 Å². The molecule has 20 heavy (non-hydrogen) atoms. The van der Waals surface area contributed by atoms with E-state index in [1.165, 1.54) is 12.7 Å². The predicted octanol–water partition coefficient (Wildman–Crippen LogP) is 2.45. The number of amides is 1. The molecule has 0 atom stereocenters. The lowest BCUT2D eigenvalue weighted by Crippen LogP contribution is -2.25. The maximum absolute atomic E-state index is 12.0. The van der Waals surface area contributed by atoms with Crippen LogP contribution in [0.5, 0.6) is 5.88 Å². The van der Waals surface area contributed by atoms with Gasteiger partial charge in [0.05, 0.1) is 7.11 Å². The van der Waals surface area contributed by atoms with E-state index in [4.69, 9.17) is 4.74 Å². The number of rotatable bonds is 6. The summed E-state index contributed by atoms with van der Waals surface area (Å²) >= 11 is 0. The van der Waals surface area contributed by atoms with Gasteiger partial charge in [0.25, 0.3) is 5.91 Å². The van der Waals surface area contributed by atoms with E-state index in [1.54, 1.807) is 18.3 Å². The van der Waals surface area contributed by atoms with Gasteiger partial charge in [-0.25, -0.2) is 4.98 Å². The maximum atomic E-state index is 12.0. The molecular weight excluding hydrogens is 252 g/mol. The van der Waals surface area contributed by atoms with Crippen LogP contribution >= 0.6 is 0 Å². The van der Waals surface area contributed by atoms with Crippen LogP contribution < -0.4 is 10.1 Å². The van der Waals surface area contributed by atoms with Crippen molar-refractivity contribution in [2.45, 2.75) is 12.8 Å². The number of methoxy groups -OCH3 is 1. The molecular formula is C16H18N2O2. The van der Waals surface area contributed by atoms with Crippen molar-refractivity contribution in [1.82, 2.24) is 10.3 Å². The number of nitrogens with zero attached hydrogens (tertiary/aromatic N) is 1. The van der Waals surface area contributed by atoms with Crippen molar-refractivity contribution in [2.75, 3.05) is 13.7 Å². The summed E-state index contributed by atoms with van der Waals surface area (Å²) in [6, 6.07) is 13.7. The first kappa shape index (κ1) is 14.1. The molecule has 0 aliphatic carbocycles. The van der Waals surface area contributed by atoms with Crippen LogP contribution in [0, 0.1) is 0 Å². The number of aryl methyl sites for hydroxylation is 1. The Morgan fingerprint density at radius 1 is 1.20 bits per heavy atom. The fourth-order valence-corrected chi connectivity index (χ4v) is 1.96. The molecule has 0 saturated carbocycles. The minimum absolute atomic E-state index is 0.150. The van der Waals surface area contributed by atoms with Gasteiger partial charge in [-0.1, -0.05) is 30.3 Å². The second-order valence-electron chi connectivity index (χ2n) is 4.41. The lowest BCUT2D eigenvalue weighted by molar-refractivity contribution is 0.0949. The van der Waals surface area contributed by atoms with E-state index < -0.39 is 0 Å². The average molecular weight is 270 g/mol. The van der Waals surface area contributed by atoms with E-state index in [0.717, 1.165) is 12.8 Å². The highest BCUT2D eigenvalue weighted by atomic mass is 16.5. The third-order valence-corrected chi connectivity index (χ3v) is 2.98. The number of carbonyl (C=O) groups is 1. The van der Waals surface area contributed by atoms with Gasteiger partial charge in [-0.05, 0) is 30.5 Å². The number of ether oxygens (including phenoxy) is 1. The van der Waals surface area contributed by atoms with Crippen LogP contribution in [0.1, 0.15) is 22.3 Å². The van der Waals surface area contributed by atoms with Crippen molar-refractivity contribution >= 4 is 5.91 Å². The normalized spacial score (nSPS) is 10.1. The van der Waals surface area contributed by atoms with Gasteiger partial charge in [0.2, 0.25) is 5.88 Å². The lowest BCUT2D eigenvalue weighted by atomic mass is 10.1. The van der Waals surface area contributed by atoms with Crippen LogP contribution in [-0.4, -0.2) is 24.5 Å². The summed E-state index contributed by atoms with van der Waals surface area (Å²) in [4.78, 5) is 16.0. The minimum atomic E-state index is -0.150. The van der Waals surface area contributed by atoms with Crippen molar-refractivity contribution in [3.63, 3.8) is 0 Å². The van der Waals surface area contributed by atoms with Crippen molar-refractivity contribution in [1.29, 1.82) is 0 Å². The molecule has 0 spiro atoms. The van der Waals surface area contributed by atoms with E-state index >= 15 is 0 Å². The first-order valence-corrected chi connectivity index (χ1v) is 6.62. The van der Waals surface area contributed by atoms with Crippen LogP contribution in [0.2, 0.25) is 0 Å². The summed E-state index contributed by atoms with van der Waals surface area (Å²) in [7, 11) is 1.51. The Morgan fingerprint density at radius 2 is 2.00 bits per heavy atom. The molecule has 1 amide bonds. The van der Waals surface area contributed by atoms with Crippen LogP contribution in [0.25, 0.3) is 0 Å². The number of pyridine rings is 1. The molecule has 0 bridgehead atoms. The van der Waals surface area contributed by atoms with Crippen LogP contribution in [0.15, 0.2) is 48.7 Å². The van der Waals surface area contributed by atoms with Gasteiger partial charge in [-0.15, -0.1) is 0 Å². The first-order chi connectivity index (χ1) is 9.81. The second-order valence-corrected chi connectivity index (χ2v) is 4.41. The Kier molecular flexibility index (Phi) is 5.12. The van der Waals surface area contributed by atoms with E-state index in [9.17, 15) is 4.79 Å².